The molecule has 0 radical (unpaired) electrons. The van der Waals surface area contributed by atoms with Gasteiger partial charge in [0, 0.05) is 12.2 Å². The Hall–Kier alpha value is -1.51. The van der Waals surface area contributed by atoms with Crippen LogP contribution in [0.15, 0.2) is 29.2 Å². The topological polar surface area (TPSA) is 122 Å². The van der Waals surface area contributed by atoms with Crippen LogP contribution in [-0.4, -0.2) is 38.1 Å². The second-order valence-electron chi connectivity index (χ2n) is 3.68. The average Bonchev–Trinajstić information content (AvgIpc) is 2.35. The Bertz CT molecular complexity index is 532. The number of carbonyl (C=O) groups is 1. The number of nitrogens with one attached hydrogen (secondary N) is 2. The first kappa shape index (κ1) is 15.5. The molecule has 106 valence electrons. The number of carbonyl (C=O) groups excluding carboxylic acids is 1. The van der Waals surface area contributed by atoms with Gasteiger partial charge in [-0.1, -0.05) is 0 Å². The summed E-state index contributed by atoms with van der Waals surface area (Å²) in [4.78, 5) is 10.5. The van der Waals surface area contributed by atoms with Crippen molar-refractivity contribution in [2.24, 2.45) is 5.73 Å². The Morgan fingerprint density at radius 3 is 2.42 bits per heavy atom. The zero-order valence-corrected chi connectivity index (χ0v) is 11.4. The van der Waals surface area contributed by atoms with E-state index in [2.05, 4.69) is 5.32 Å². The van der Waals surface area contributed by atoms with Crippen LogP contribution >= 0.6 is 11.6 Å². The molecule has 1 aromatic rings. The van der Waals surface area contributed by atoms with Crippen molar-refractivity contribution < 1.29 is 18.3 Å². The minimum atomic E-state index is -3.94. The van der Waals surface area contributed by atoms with Crippen molar-refractivity contribution in [3.05, 3.63) is 24.3 Å². The minimum Gasteiger partial charge on any atom is -0.390 e. The Morgan fingerprint density at radius 1 is 1.37 bits per heavy atom. The lowest BCUT2D eigenvalue weighted by molar-refractivity contribution is 0.211. The molecule has 0 aliphatic heterocycles. The Balaban J connectivity index is 2.74. The van der Waals surface area contributed by atoms with Crippen LogP contribution in [-0.2, 0) is 10.0 Å². The van der Waals surface area contributed by atoms with E-state index in [0.29, 0.717) is 5.69 Å². The van der Waals surface area contributed by atoms with Gasteiger partial charge in [0.1, 0.15) is 0 Å². The van der Waals surface area contributed by atoms with E-state index in [-0.39, 0.29) is 17.3 Å². The van der Waals surface area contributed by atoms with Gasteiger partial charge in [0.05, 0.1) is 16.9 Å². The summed E-state index contributed by atoms with van der Waals surface area (Å²) < 4.78 is 24.8. The number of benzene rings is 1. The molecule has 7 nitrogen and oxygen atoms in total. The summed E-state index contributed by atoms with van der Waals surface area (Å²) in [6.07, 6.45) is -0.693. The van der Waals surface area contributed by atoms with Gasteiger partial charge >= 0.3 is 6.03 Å². The zero-order valence-electron chi connectivity index (χ0n) is 9.84. The summed E-state index contributed by atoms with van der Waals surface area (Å²) >= 11 is 5.43. The molecule has 0 aliphatic rings. The number of amides is 2. The number of halogens is 1. The van der Waals surface area contributed by atoms with Crippen LogP contribution in [0.4, 0.5) is 10.5 Å². The summed E-state index contributed by atoms with van der Waals surface area (Å²) in [6, 6.07) is 4.46. The highest BCUT2D eigenvalue weighted by Crippen LogP contribution is 2.13. The molecule has 0 saturated heterocycles. The maximum Gasteiger partial charge on any atom is 0.326 e. The summed E-state index contributed by atoms with van der Waals surface area (Å²) in [7, 11) is -3.94. The van der Waals surface area contributed by atoms with Gasteiger partial charge < -0.3 is 16.2 Å². The monoisotopic (exact) mass is 307 g/mol. The van der Waals surface area contributed by atoms with Gasteiger partial charge in [-0.25, -0.2) is 17.9 Å². The second-order valence-corrected chi connectivity index (χ2v) is 5.67. The minimum absolute atomic E-state index is 0.0882. The lowest BCUT2D eigenvalue weighted by Gasteiger charge is -2.10. The standard InChI is InChI=1S/C10H14ClN3O4S/c11-5-8(15)6-13-7-1-3-9(4-2-7)19(17,18)14-10(12)16/h1-4,8,13,15H,5-6H2,(H3,12,14,16). The third-order valence-electron chi connectivity index (χ3n) is 2.12. The summed E-state index contributed by atoms with van der Waals surface area (Å²) in [6.45, 7) is 0.245. The Labute approximate surface area is 115 Å². The van der Waals surface area contributed by atoms with Crippen LogP contribution in [0.5, 0.6) is 0 Å². The van der Waals surface area contributed by atoms with E-state index in [1.165, 1.54) is 24.3 Å². The lowest BCUT2D eigenvalue weighted by Crippen LogP contribution is -2.34. The molecule has 1 atom stereocenters. The number of hydrogen-bond donors (Lipinski definition) is 4. The molecule has 0 fully saturated rings. The lowest BCUT2D eigenvalue weighted by atomic mass is 10.3. The number of alkyl halides is 1. The van der Waals surface area contributed by atoms with Crippen LogP contribution in [0.2, 0.25) is 0 Å². The number of nitrogens with two attached hydrogens (primary N) is 1. The number of rotatable bonds is 6. The highest BCUT2D eigenvalue weighted by molar-refractivity contribution is 7.90. The highest BCUT2D eigenvalue weighted by atomic mass is 35.5. The van der Waals surface area contributed by atoms with Gasteiger partial charge in [0.2, 0.25) is 0 Å². The third kappa shape index (κ3) is 4.93. The number of sulfonamides is 1. The molecule has 5 N–H and O–H groups in total. The van der Waals surface area contributed by atoms with Crippen LogP contribution in [0.25, 0.3) is 0 Å². The van der Waals surface area contributed by atoms with E-state index >= 15 is 0 Å². The van der Waals surface area contributed by atoms with Crippen molar-refractivity contribution in [2.75, 3.05) is 17.7 Å². The second kappa shape index (κ2) is 6.60. The predicted molar refractivity (Wildman–Crippen MR) is 71.6 cm³/mol. The van der Waals surface area contributed by atoms with Crippen molar-refractivity contribution in [1.29, 1.82) is 0 Å². The van der Waals surface area contributed by atoms with E-state index in [1.807, 2.05) is 0 Å². The van der Waals surface area contributed by atoms with Crippen molar-refractivity contribution in [3.8, 4) is 0 Å². The SMILES string of the molecule is NC(=O)NS(=O)(=O)c1ccc(NCC(O)CCl)cc1. The normalized spacial score (nSPS) is 12.7. The molecule has 0 heterocycles. The molecule has 1 unspecified atom stereocenters. The molecule has 1 rings (SSSR count). The summed E-state index contributed by atoms with van der Waals surface area (Å²) in [5, 5.41) is 12.1. The maximum atomic E-state index is 11.6. The molecule has 2 amide bonds. The Kier molecular flexibility index (Phi) is 5.40. The van der Waals surface area contributed by atoms with E-state index in [9.17, 15) is 18.3 Å². The number of hydrogen-bond acceptors (Lipinski definition) is 5. The highest BCUT2D eigenvalue weighted by Gasteiger charge is 2.15. The van der Waals surface area contributed by atoms with Crippen LogP contribution in [0.1, 0.15) is 0 Å². The van der Waals surface area contributed by atoms with E-state index in [0.717, 1.165) is 0 Å². The first-order chi connectivity index (χ1) is 8.85. The first-order valence-electron chi connectivity index (χ1n) is 5.25. The fraction of sp³-hybridized carbons (Fsp3) is 0.300. The van der Waals surface area contributed by atoms with Crippen LogP contribution in [0.3, 0.4) is 0 Å². The fourth-order valence-electron chi connectivity index (χ4n) is 1.23. The van der Waals surface area contributed by atoms with E-state index in [4.69, 9.17) is 17.3 Å². The van der Waals surface area contributed by atoms with Crippen molar-refractivity contribution in [1.82, 2.24) is 4.72 Å². The fourth-order valence-corrected chi connectivity index (χ4v) is 2.22. The molecule has 0 bridgehead atoms. The smallest absolute Gasteiger partial charge is 0.326 e. The maximum absolute atomic E-state index is 11.6. The zero-order chi connectivity index (χ0) is 14.5. The van der Waals surface area contributed by atoms with Crippen LogP contribution in [0, 0.1) is 0 Å². The number of urea groups is 1. The number of aliphatic hydroxyl groups is 1. The van der Waals surface area contributed by atoms with Gasteiger partial charge in [-0.15, -0.1) is 11.6 Å². The predicted octanol–water partition coefficient (Wildman–Crippen LogP) is 0.0552. The Morgan fingerprint density at radius 2 is 1.95 bits per heavy atom. The third-order valence-corrected chi connectivity index (χ3v) is 3.84. The van der Waals surface area contributed by atoms with Gasteiger partial charge in [-0.3, -0.25) is 0 Å². The quantitative estimate of drug-likeness (QED) is 0.553. The molecule has 0 aliphatic carbocycles. The van der Waals surface area contributed by atoms with E-state index < -0.39 is 22.2 Å². The number of primary amides is 1. The summed E-state index contributed by atoms with van der Waals surface area (Å²) in [5.41, 5.74) is 5.37. The largest absolute Gasteiger partial charge is 0.390 e. The molecule has 9 heteroatoms. The molecule has 19 heavy (non-hydrogen) atoms. The molecule has 0 spiro atoms. The average molecular weight is 308 g/mol. The van der Waals surface area contributed by atoms with Gasteiger partial charge in [-0.2, -0.15) is 0 Å². The van der Waals surface area contributed by atoms with E-state index in [1.54, 1.807) is 4.72 Å². The van der Waals surface area contributed by atoms with Gasteiger partial charge in [-0.05, 0) is 24.3 Å². The van der Waals surface area contributed by atoms with Crippen molar-refractivity contribution in [3.63, 3.8) is 0 Å². The molecular weight excluding hydrogens is 294 g/mol. The number of anilines is 1. The van der Waals surface area contributed by atoms with Gasteiger partial charge in [0.15, 0.2) is 0 Å². The van der Waals surface area contributed by atoms with Crippen LogP contribution < -0.4 is 15.8 Å². The molecule has 1 aromatic carbocycles. The molecular formula is C10H14ClN3O4S. The molecule has 0 aromatic heterocycles. The van der Waals surface area contributed by atoms with Crippen molar-refractivity contribution >= 4 is 33.3 Å². The van der Waals surface area contributed by atoms with Crippen molar-refractivity contribution in [2.45, 2.75) is 11.0 Å². The summed E-state index contributed by atoms with van der Waals surface area (Å²) in [5.74, 6) is 0.0992. The number of aliphatic hydroxyl groups excluding tert-OH is 1. The molecule has 0 saturated carbocycles. The first-order valence-corrected chi connectivity index (χ1v) is 7.27. The van der Waals surface area contributed by atoms with Gasteiger partial charge in [0.25, 0.3) is 10.0 Å².